The average Bonchev–Trinajstić information content (AvgIpc) is 3.26. The molecule has 0 saturated carbocycles. The maximum atomic E-state index is 14.0. The summed E-state index contributed by atoms with van der Waals surface area (Å²) in [6.07, 6.45) is 3.55. The minimum atomic E-state index is -0.661. The van der Waals surface area contributed by atoms with Gasteiger partial charge in [-0.05, 0) is 126 Å². The van der Waals surface area contributed by atoms with Gasteiger partial charge < -0.3 is 9.47 Å². The van der Waals surface area contributed by atoms with Crippen LogP contribution in [0.25, 0.3) is 6.08 Å². The van der Waals surface area contributed by atoms with E-state index in [2.05, 4.69) is 45.2 Å². The smallest absolute Gasteiger partial charge is 0.338 e. The third-order valence-corrected chi connectivity index (χ3v) is 10.6. The second kappa shape index (κ2) is 14.3. The Balaban J connectivity index is 1.55. The highest BCUT2D eigenvalue weighted by Gasteiger charge is 2.33. The Kier molecular flexibility index (Phi) is 10.9. The van der Waals surface area contributed by atoms with E-state index in [1.807, 2.05) is 54.8 Å². The number of carbonyl (C=O) groups excluding carboxylic acids is 1. The largest absolute Gasteiger partial charge is 0.487 e. The molecular formula is C32H26Cl2I2N2O4S2. The van der Waals surface area contributed by atoms with Crippen LogP contribution >= 0.6 is 91.5 Å². The average molecular weight is 891 g/mol. The van der Waals surface area contributed by atoms with Gasteiger partial charge in [-0.1, -0.05) is 52.7 Å². The van der Waals surface area contributed by atoms with Crippen molar-refractivity contribution >= 4 is 104 Å². The van der Waals surface area contributed by atoms with E-state index in [1.165, 1.54) is 11.3 Å². The zero-order chi connectivity index (χ0) is 31.7. The molecule has 0 aliphatic carbocycles. The number of hydrogen-bond donors (Lipinski definition) is 0. The van der Waals surface area contributed by atoms with Crippen LogP contribution in [0.3, 0.4) is 0 Å². The molecule has 0 unspecified atom stereocenters. The first kappa shape index (κ1) is 33.5. The molecule has 1 aliphatic rings. The van der Waals surface area contributed by atoms with Gasteiger partial charge in [0.2, 0.25) is 0 Å². The topological polar surface area (TPSA) is 69.9 Å². The van der Waals surface area contributed by atoms with Gasteiger partial charge in [-0.2, -0.15) is 0 Å². The van der Waals surface area contributed by atoms with E-state index in [0.717, 1.165) is 34.5 Å². The minimum Gasteiger partial charge on any atom is -0.487 e. The lowest BCUT2D eigenvalue weighted by atomic mass is 9.96. The first-order chi connectivity index (χ1) is 21.0. The van der Waals surface area contributed by atoms with Crippen molar-refractivity contribution in [1.29, 1.82) is 0 Å². The molecule has 0 N–H and O–H groups in total. The van der Waals surface area contributed by atoms with Crippen molar-refractivity contribution in [1.82, 2.24) is 4.57 Å². The highest BCUT2D eigenvalue weighted by molar-refractivity contribution is 14.1. The molecule has 0 fully saturated rings. The van der Waals surface area contributed by atoms with Crippen LogP contribution in [0.15, 0.2) is 80.5 Å². The predicted octanol–water partition coefficient (Wildman–Crippen LogP) is 8.00. The number of allylic oxidation sites excluding steroid dienone is 1. The van der Waals surface area contributed by atoms with Gasteiger partial charge in [0.1, 0.15) is 12.4 Å². The summed E-state index contributed by atoms with van der Waals surface area (Å²) in [6.45, 7) is 5.69. The third kappa shape index (κ3) is 7.25. The van der Waals surface area contributed by atoms with Gasteiger partial charge in [0, 0.05) is 20.5 Å². The number of rotatable bonds is 8. The lowest BCUT2D eigenvalue weighted by Crippen LogP contribution is -2.40. The number of hydrogen-bond acceptors (Lipinski definition) is 7. The van der Waals surface area contributed by atoms with Crippen molar-refractivity contribution in [2.45, 2.75) is 44.4 Å². The Hall–Kier alpha value is -1.84. The SMILES string of the molecule is CSc1ccc([C@H]2C(C(=O)OC(C)C)=C(C)N=c3s/c(=C\c4cc(I)c(OCc5ccc(Cl)cc5Cl)c(I)c4)c(=O)n32)cc1. The summed E-state index contributed by atoms with van der Waals surface area (Å²) < 4.78 is 15.6. The third-order valence-electron chi connectivity index (χ3n) is 6.72. The molecule has 0 bridgehead atoms. The van der Waals surface area contributed by atoms with Gasteiger partial charge >= 0.3 is 5.97 Å². The number of benzene rings is 3. The van der Waals surface area contributed by atoms with Crippen molar-refractivity contribution < 1.29 is 14.3 Å². The van der Waals surface area contributed by atoms with Crippen molar-refractivity contribution in [3.05, 3.63) is 119 Å². The van der Waals surface area contributed by atoms with Gasteiger partial charge in [-0.25, -0.2) is 9.79 Å². The summed E-state index contributed by atoms with van der Waals surface area (Å²) in [6, 6.07) is 16.5. The van der Waals surface area contributed by atoms with E-state index in [1.54, 1.807) is 49.2 Å². The molecule has 5 rings (SSSR count). The highest BCUT2D eigenvalue weighted by Crippen LogP contribution is 2.33. The fourth-order valence-electron chi connectivity index (χ4n) is 4.70. The molecule has 4 aromatic rings. The zero-order valence-electron chi connectivity index (χ0n) is 24.0. The molecule has 2 heterocycles. The molecule has 1 atom stereocenters. The van der Waals surface area contributed by atoms with Crippen LogP contribution in [0.4, 0.5) is 0 Å². The van der Waals surface area contributed by atoms with E-state index in [9.17, 15) is 9.59 Å². The number of thioether (sulfide) groups is 1. The van der Waals surface area contributed by atoms with Gasteiger partial charge in [0.05, 0.1) is 35.1 Å². The summed E-state index contributed by atoms with van der Waals surface area (Å²) in [5.41, 5.74) is 3.16. The monoisotopic (exact) mass is 890 g/mol. The van der Waals surface area contributed by atoms with E-state index in [-0.39, 0.29) is 11.7 Å². The summed E-state index contributed by atoms with van der Waals surface area (Å²) in [4.78, 5) is 33.7. The number of nitrogens with zero attached hydrogens (tertiary/aromatic N) is 2. The van der Waals surface area contributed by atoms with Crippen LogP contribution in [0.2, 0.25) is 10.0 Å². The van der Waals surface area contributed by atoms with E-state index < -0.39 is 12.0 Å². The Labute approximate surface area is 300 Å². The number of thiazole rings is 1. The molecule has 6 nitrogen and oxygen atoms in total. The van der Waals surface area contributed by atoms with Crippen LogP contribution in [0.5, 0.6) is 5.75 Å². The number of halogens is 4. The molecule has 0 amide bonds. The second-order valence-corrected chi connectivity index (χ2v) is 15.2. The van der Waals surface area contributed by atoms with Crippen LogP contribution in [-0.2, 0) is 16.1 Å². The Morgan fingerprint density at radius 2 is 1.80 bits per heavy atom. The second-order valence-electron chi connectivity index (χ2n) is 10.1. The van der Waals surface area contributed by atoms with E-state index in [0.29, 0.717) is 37.3 Å². The van der Waals surface area contributed by atoms with Crippen molar-refractivity contribution in [3.63, 3.8) is 0 Å². The lowest BCUT2D eigenvalue weighted by Gasteiger charge is -2.25. The van der Waals surface area contributed by atoms with Gasteiger partial charge in [0.25, 0.3) is 5.56 Å². The van der Waals surface area contributed by atoms with Gasteiger partial charge in [0.15, 0.2) is 4.80 Å². The van der Waals surface area contributed by atoms with Crippen LogP contribution in [0, 0.1) is 7.14 Å². The lowest BCUT2D eigenvalue weighted by molar-refractivity contribution is -0.143. The van der Waals surface area contributed by atoms with Crippen molar-refractivity contribution in [3.8, 4) is 5.75 Å². The molecule has 0 saturated heterocycles. The number of aromatic nitrogens is 1. The van der Waals surface area contributed by atoms with Crippen LogP contribution in [0.1, 0.15) is 43.5 Å². The predicted molar refractivity (Wildman–Crippen MR) is 196 cm³/mol. The molecule has 228 valence electrons. The first-order valence-electron chi connectivity index (χ1n) is 13.4. The summed E-state index contributed by atoms with van der Waals surface area (Å²) in [5.74, 6) is 0.252. The summed E-state index contributed by atoms with van der Waals surface area (Å²) in [5, 5.41) is 1.11. The fourth-order valence-corrected chi connectivity index (χ4v) is 8.75. The molecule has 1 aliphatic heterocycles. The summed E-state index contributed by atoms with van der Waals surface area (Å²) in [7, 11) is 0. The Bertz CT molecular complexity index is 1950. The molecule has 3 aromatic carbocycles. The van der Waals surface area contributed by atoms with Crippen molar-refractivity contribution in [2.75, 3.05) is 6.26 Å². The molecule has 0 radical (unpaired) electrons. The number of carbonyl (C=O) groups is 1. The van der Waals surface area contributed by atoms with Crippen LogP contribution < -0.4 is 19.6 Å². The van der Waals surface area contributed by atoms with Gasteiger partial charge in [-0.15, -0.1) is 11.8 Å². The molecule has 0 spiro atoms. The zero-order valence-corrected chi connectivity index (χ0v) is 31.5. The normalized spacial score (nSPS) is 14.9. The number of ether oxygens (including phenoxy) is 2. The quantitative estimate of drug-likeness (QED) is 0.102. The highest BCUT2D eigenvalue weighted by atomic mass is 127. The van der Waals surface area contributed by atoms with Crippen LogP contribution in [-0.4, -0.2) is 22.9 Å². The van der Waals surface area contributed by atoms with Crippen molar-refractivity contribution in [2.24, 2.45) is 4.99 Å². The maximum absolute atomic E-state index is 14.0. The maximum Gasteiger partial charge on any atom is 0.338 e. The first-order valence-corrected chi connectivity index (χ1v) is 18.4. The number of esters is 1. The minimum absolute atomic E-state index is 0.224. The number of fused-ring (bicyclic) bond motifs is 1. The standard InChI is InChI=1S/C32H26Cl2I2N2O4S2/c1-16(2)42-31(40)27-17(3)37-32-38(28(27)19-6-9-22(43-4)10-7-19)30(39)26(44-32)13-18-11-24(35)29(25(36)12-18)41-15-20-5-8-21(33)14-23(20)34/h5-14,16,28H,15H2,1-4H3/b26-13-/t28-/m0/s1. The Morgan fingerprint density at radius 1 is 1.11 bits per heavy atom. The van der Waals surface area contributed by atoms with E-state index in [4.69, 9.17) is 37.7 Å². The molecule has 12 heteroatoms. The Morgan fingerprint density at radius 3 is 2.41 bits per heavy atom. The van der Waals surface area contributed by atoms with Gasteiger partial charge in [-0.3, -0.25) is 9.36 Å². The molecule has 1 aromatic heterocycles. The summed E-state index contributed by atoms with van der Waals surface area (Å²) >= 11 is 19.7. The molecular weight excluding hydrogens is 865 g/mol. The fraction of sp³-hybridized carbons (Fsp3) is 0.219. The molecule has 44 heavy (non-hydrogen) atoms. The van der Waals surface area contributed by atoms with E-state index >= 15 is 0 Å².